The Hall–Kier alpha value is -2.54. The summed E-state index contributed by atoms with van der Waals surface area (Å²) >= 11 is 0. The molecule has 2 N–H and O–H groups in total. The van der Waals surface area contributed by atoms with Crippen LogP contribution in [0, 0.1) is 11.8 Å². The van der Waals surface area contributed by atoms with Gasteiger partial charge < -0.3 is 10.4 Å². The van der Waals surface area contributed by atoms with Crippen LogP contribution in [-0.4, -0.2) is 17.0 Å². The molecule has 4 heteroatoms. The zero-order valence-corrected chi connectivity index (χ0v) is 10.5. The molecule has 98 valence electrons. The number of amides is 1. The lowest BCUT2D eigenvalue weighted by atomic mass is 10.2. The number of aliphatic carboxylic acids is 1. The molecule has 0 saturated carbocycles. The van der Waals surface area contributed by atoms with Crippen LogP contribution < -0.4 is 5.32 Å². The Bertz CT molecular complexity index is 521. The second-order valence-corrected chi connectivity index (χ2v) is 3.85. The lowest BCUT2D eigenvalue weighted by Crippen LogP contribution is -2.11. The van der Waals surface area contributed by atoms with Crippen molar-refractivity contribution in [3.63, 3.8) is 0 Å². The van der Waals surface area contributed by atoms with E-state index in [2.05, 4.69) is 23.7 Å². The highest BCUT2D eigenvalue weighted by atomic mass is 16.4. The van der Waals surface area contributed by atoms with Gasteiger partial charge in [-0.25, -0.2) is 0 Å². The van der Waals surface area contributed by atoms with E-state index in [9.17, 15) is 9.59 Å². The standard InChI is InChI=1S/C15H15NO3/c1-2-3-5-12-8-10-13(11-9-12)16-14(17)6-4-7-15(18)19/h2,8-11H,1,4,6-7H2,(H,16,17)(H,18,19). The fourth-order valence-electron chi connectivity index (χ4n) is 1.39. The van der Waals surface area contributed by atoms with E-state index in [0.29, 0.717) is 12.1 Å². The largest absolute Gasteiger partial charge is 0.481 e. The van der Waals surface area contributed by atoms with E-state index >= 15 is 0 Å². The first-order valence-electron chi connectivity index (χ1n) is 5.86. The minimum atomic E-state index is -0.891. The molecule has 0 unspecified atom stereocenters. The van der Waals surface area contributed by atoms with Gasteiger partial charge in [0.1, 0.15) is 0 Å². The van der Waals surface area contributed by atoms with Crippen LogP contribution in [0.4, 0.5) is 5.69 Å². The Labute approximate surface area is 112 Å². The van der Waals surface area contributed by atoms with Crippen LogP contribution in [0.1, 0.15) is 24.8 Å². The number of nitrogens with one attached hydrogen (secondary N) is 1. The summed E-state index contributed by atoms with van der Waals surface area (Å²) in [5.41, 5.74) is 1.51. The molecule has 0 aliphatic heterocycles. The first-order chi connectivity index (χ1) is 9.11. The zero-order chi connectivity index (χ0) is 14.1. The average molecular weight is 257 g/mol. The smallest absolute Gasteiger partial charge is 0.303 e. The van der Waals surface area contributed by atoms with Crippen molar-refractivity contribution in [3.05, 3.63) is 42.5 Å². The third kappa shape index (κ3) is 6.08. The number of carbonyl (C=O) groups excluding carboxylic acids is 1. The average Bonchev–Trinajstić information content (AvgIpc) is 2.37. The molecule has 1 aromatic carbocycles. The van der Waals surface area contributed by atoms with Crippen molar-refractivity contribution in [3.8, 4) is 11.8 Å². The highest BCUT2D eigenvalue weighted by Crippen LogP contribution is 2.09. The molecule has 1 rings (SSSR count). The summed E-state index contributed by atoms with van der Waals surface area (Å²) in [6.45, 7) is 3.50. The van der Waals surface area contributed by atoms with Gasteiger partial charge in [0.25, 0.3) is 0 Å². The predicted molar refractivity (Wildman–Crippen MR) is 73.6 cm³/mol. The number of benzene rings is 1. The summed E-state index contributed by atoms with van der Waals surface area (Å²) in [5, 5.41) is 11.2. The number of hydrogen-bond donors (Lipinski definition) is 2. The van der Waals surface area contributed by atoms with Gasteiger partial charge in [-0.15, -0.1) is 0 Å². The highest BCUT2D eigenvalue weighted by molar-refractivity contribution is 5.90. The molecule has 0 aliphatic rings. The summed E-state index contributed by atoms with van der Waals surface area (Å²) in [4.78, 5) is 21.8. The molecular formula is C15H15NO3. The van der Waals surface area contributed by atoms with Gasteiger partial charge in [0.05, 0.1) is 0 Å². The van der Waals surface area contributed by atoms with Crippen molar-refractivity contribution in [1.82, 2.24) is 0 Å². The molecule has 1 aromatic rings. The molecule has 0 spiro atoms. The predicted octanol–water partition coefficient (Wildman–Crippen LogP) is 2.42. The summed E-state index contributed by atoms with van der Waals surface area (Å²) < 4.78 is 0. The second-order valence-electron chi connectivity index (χ2n) is 3.85. The number of allylic oxidation sites excluding steroid dienone is 1. The van der Waals surface area contributed by atoms with Gasteiger partial charge in [0, 0.05) is 24.1 Å². The molecule has 0 aromatic heterocycles. The SMILES string of the molecule is C=CC#Cc1ccc(NC(=O)CCCC(=O)O)cc1. The van der Waals surface area contributed by atoms with Crippen LogP contribution in [0.25, 0.3) is 0 Å². The van der Waals surface area contributed by atoms with Crippen LogP contribution in [0.5, 0.6) is 0 Å². The summed E-state index contributed by atoms with van der Waals surface area (Å²) in [6.07, 6.45) is 2.05. The van der Waals surface area contributed by atoms with Gasteiger partial charge in [0.15, 0.2) is 0 Å². The Morgan fingerprint density at radius 1 is 1.26 bits per heavy atom. The molecule has 19 heavy (non-hydrogen) atoms. The van der Waals surface area contributed by atoms with Crippen LogP contribution >= 0.6 is 0 Å². The second kappa shape index (κ2) is 7.72. The monoisotopic (exact) mass is 257 g/mol. The van der Waals surface area contributed by atoms with Gasteiger partial charge >= 0.3 is 5.97 Å². The summed E-state index contributed by atoms with van der Waals surface area (Å²) in [7, 11) is 0. The van der Waals surface area contributed by atoms with E-state index in [1.165, 1.54) is 6.08 Å². The Kier molecular flexibility index (Phi) is 5.90. The quantitative estimate of drug-likeness (QED) is 0.796. The zero-order valence-electron chi connectivity index (χ0n) is 10.5. The minimum absolute atomic E-state index is 0.00347. The van der Waals surface area contributed by atoms with E-state index in [1.54, 1.807) is 24.3 Å². The van der Waals surface area contributed by atoms with E-state index in [-0.39, 0.29) is 18.7 Å². The first kappa shape index (κ1) is 14.5. The minimum Gasteiger partial charge on any atom is -0.481 e. The molecule has 0 aliphatic carbocycles. The van der Waals surface area contributed by atoms with Crippen molar-refractivity contribution in [1.29, 1.82) is 0 Å². The summed E-state index contributed by atoms with van der Waals surface area (Å²) in [6, 6.07) is 7.09. The van der Waals surface area contributed by atoms with Gasteiger partial charge in [-0.2, -0.15) is 0 Å². The van der Waals surface area contributed by atoms with Crippen LogP contribution in [0.3, 0.4) is 0 Å². The van der Waals surface area contributed by atoms with Crippen molar-refractivity contribution >= 4 is 17.6 Å². The normalized spacial score (nSPS) is 9.05. The lowest BCUT2D eigenvalue weighted by molar-refractivity contribution is -0.137. The molecular weight excluding hydrogens is 242 g/mol. The fraction of sp³-hybridized carbons (Fsp3) is 0.200. The topological polar surface area (TPSA) is 66.4 Å². The summed E-state index contributed by atoms with van der Waals surface area (Å²) in [5.74, 6) is 4.53. The van der Waals surface area contributed by atoms with E-state index in [0.717, 1.165) is 5.56 Å². The van der Waals surface area contributed by atoms with Crippen LogP contribution in [0.15, 0.2) is 36.9 Å². The van der Waals surface area contributed by atoms with Gasteiger partial charge in [-0.05, 0) is 36.8 Å². The Morgan fingerprint density at radius 2 is 1.95 bits per heavy atom. The molecule has 0 bridgehead atoms. The van der Waals surface area contributed by atoms with Crippen LogP contribution in [-0.2, 0) is 9.59 Å². The van der Waals surface area contributed by atoms with Crippen molar-refractivity contribution < 1.29 is 14.7 Å². The third-order valence-corrected chi connectivity index (χ3v) is 2.28. The first-order valence-corrected chi connectivity index (χ1v) is 5.86. The molecule has 0 heterocycles. The Balaban J connectivity index is 2.46. The highest BCUT2D eigenvalue weighted by Gasteiger charge is 2.04. The van der Waals surface area contributed by atoms with Crippen molar-refractivity contribution in [2.24, 2.45) is 0 Å². The lowest BCUT2D eigenvalue weighted by Gasteiger charge is -2.04. The van der Waals surface area contributed by atoms with E-state index < -0.39 is 5.97 Å². The van der Waals surface area contributed by atoms with Crippen molar-refractivity contribution in [2.75, 3.05) is 5.32 Å². The molecule has 4 nitrogen and oxygen atoms in total. The van der Waals surface area contributed by atoms with Gasteiger partial charge in [-0.1, -0.05) is 18.4 Å². The molecule has 0 atom stereocenters. The van der Waals surface area contributed by atoms with E-state index in [4.69, 9.17) is 5.11 Å². The van der Waals surface area contributed by atoms with Gasteiger partial charge in [-0.3, -0.25) is 9.59 Å². The molecule has 0 radical (unpaired) electrons. The molecule has 0 saturated heterocycles. The number of carbonyl (C=O) groups is 2. The fourth-order valence-corrected chi connectivity index (χ4v) is 1.39. The number of hydrogen-bond acceptors (Lipinski definition) is 2. The number of rotatable bonds is 5. The van der Waals surface area contributed by atoms with Gasteiger partial charge in [0.2, 0.25) is 5.91 Å². The van der Waals surface area contributed by atoms with E-state index in [1.807, 2.05) is 0 Å². The maximum Gasteiger partial charge on any atom is 0.303 e. The molecule has 0 fully saturated rings. The van der Waals surface area contributed by atoms with Crippen molar-refractivity contribution in [2.45, 2.75) is 19.3 Å². The number of carboxylic acid groups (broad SMARTS) is 1. The maximum atomic E-state index is 11.5. The Morgan fingerprint density at radius 3 is 2.53 bits per heavy atom. The number of anilines is 1. The molecule has 1 amide bonds. The maximum absolute atomic E-state index is 11.5. The van der Waals surface area contributed by atoms with Crippen LogP contribution in [0.2, 0.25) is 0 Å². The number of carboxylic acids is 1. The third-order valence-electron chi connectivity index (χ3n) is 2.28.